The first kappa shape index (κ1) is 15.5. The lowest BCUT2D eigenvalue weighted by Crippen LogP contribution is -2.63. The second-order valence-corrected chi connectivity index (χ2v) is 6.69. The minimum atomic E-state index is -1.01. The van der Waals surface area contributed by atoms with Gasteiger partial charge in [0.25, 0.3) is 5.91 Å². The van der Waals surface area contributed by atoms with Crippen LogP contribution in [0.1, 0.15) is 17.3 Å². The van der Waals surface area contributed by atoms with Crippen LogP contribution in [0.2, 0.25) is 0 Å². The first-order valence-electron chi connectivity index (χ1n) is 5.91. The first-order chi connectivity index (χ1) is 9.31. The Morgan fingerprint density at radius 3 is 2.65 bits per heavy atom. The van der Waals surface area contributed by atoms with Crippen LogP contribution in [0.15, 0.2) is 27.1 Å². The fraction of sp³-hybridized carbons (Fsp3) is 0.385. The van der Waals surface area contributed by atoms with Gasteiger partial charge in [-0.25, -0.2) is 4.79 Å². The third kappa shape index (κ3) is 3.39. The molecule has 0 radical (unpaired) electrons. The number of aliphatic carboxylic acids is 1. The van der Waals surface area contributed by atoms with Crippen molar-refractivity contribution in [3.05, 3.63) is 32.7 Å². The molecule has 0 aliphatic carbocycles. The molecule has 7 heteroatoms. The highest BCUT2D eigenvalue weighted by atomic mass is 79.9. The summed E-state index contributed by atoms with van der Waals surface area (Å²) < 4.78 is 6.84. The molecule has 1 saturated heterocycles. The maximum Gasteiger partial charge on any atom is 0.329 e. The molecule has 1 aromatic carbocycles. The average Bonchev–Trinajstić information content (AvgIpc) is 2.35. The van der Waals surface area contributed by atoms with E-state index < -0.39 is 11.6 Å². The summed E-state index contributed by atoms with van der Waals surface area (Å²) in [6.07, 6.45) is 0. The zero-order valence-electron chi connectivity index (χ0n) is 10.7. The SMILES string of the molecule is CC1(OCC(=O)O)CN(C(=O)c2cc(Br)ccc2Br)C1. The number of carboxylic acid groups (broad SMARTS) is 1. The van der Waals surface area contributed by atoms with E-state index in [1.165, 1.54) is 0 Å². The van der Waals surface area contributed by atoms with Crippen molar-refractivity contribution < 1.29 is 19.4 Å². The number of carbonyl (C=O) groups is 2. The van der Waals surface area contributed by atoms with Gasteiger partial charge in [-0.3, -0.25) is 4.79 Å². The van der Waals surface area contributed by atoms with E-state index >= 15 is 0 Å². The van der Waals surface area contributed by atoms with Crippen molar-refractivity contribution in [1.29, 1.82) is 0 Å². The highest BCUT2D eigenvalue weighted by Gasteiger charge is 2.43. The number of halogens is 2. The lowest BCUT2D eigenvalue weighted by molar-refractivity contribution is -0.159. The minimum Gasteiger partial charge on any atom is -0.480 e. The van der Waals surface area contributed by atoms with Crippen LogP contribution in [0.5, 0.6) is 0 Å². The van der Waals surface area contributed by atoms with E-state index in [0.717, 1.165) is 8.95 Å². The largest absolute Gasteiger partial charge is 0.480 e. The Morgan fingerprint density at radius 2 is 2.05 bits per heavy atom. The summed E-state index contributed by atoms with van der Waals surface area (Å²) in [6, 6.07) is 5.40. The summed E-state index contributed by atoms with van der Waals surface area (Å²) >= 11 is 6.69. The molecule has 108 valence electrons. The minimum absolute atomic E-state index is 0.102. The van der Waals surface area contributed by atoms with Crippen LogP contribution in [-0.2, 0) is 9.53 Å². The Kier molecular flexibility index (Phi) is 4.51. The molecule has 0 spiro atoms. The third-order valence-electron chi connectivity index (χ3n) is 3.04. The molecular formula is C13H13Br2NO4. The molecule has 1 fully saturated rings. The average molecular weight is 407 g/mol. The Bertz CT molecular complexity index is 555. The lowest BCUT2D eigenvalue weighted by Gasteiger charge is -2.47. The Morgan fingerprint density at radius 1 is 1.40 bits per heavy atom. The van der Waals surface area contributed by atoms with E-state index in [-0.39, 0.29) is 12.5 Å². The van der Waals surface area contributed by atoms with Gasteiger partial charge in [-0.15, -0.1) is 0 Å². The Balaban J connectivity index is 2.00. The van der Waals surface area contributed by atoms with Crippen LogP contribution in [0, 0.1) is 0 Å². The van der Waals surface area contributed by atoms with Crippen LogP contribution in [0.25, 0.3) is 0 Å². The predicted molar refractivity (Wildman–Crippen MR) is 79.7 cm³/mol. The molecular weight excluding hydrogens is 394 g/mol. The van der Waals surface area contributed by atoms with Gasteiger partial charge < -0.3 is 14.7 Å². The van der Waals surface area contributed by atoms with Crippen molar-refractivity contribution in [2.75, 3.05) is 19.7 Å². The topological polar surface area (TPSA) is 66.8 Å². The van der Waals surface area contributed by atoms with Crippen molar-refractivity contribution in [3.63, 3.8) is 0 Å². The molecule has 0 saturated carbocycles. The second-order valence-electron chi connectivity index (χ2n) is 4.92. The first-order valence-corrected chi connectivity index (χ1v) is 7.49. The van der Waals surface area contributed by atoms with Crippen molar-refractivity contribution >= 4 is 43.7 Å². The Labute approximate surface area is 133 Å². The van der Waals surface area contributed by atoms with Gasteiger partial charge >= 0.3 is 5.97 Å². The molecule has 1 aromatic rings. The van der Waals surface area contributed by atoms with E-state index in [1.807, 2.05) is 6.07 Å². The molecule has 1 heterocycles. The van der Waals surface area contributed by atoms with E-state index in [4.69, 9.17) is 9.84 Å². The van der Waals surface area contributed by atoms with E-state index in [9.17, 15) is 9.59 Å². The van der Waals surface area contributed by atoms with Crippen LogP contribution in [0.3, 0.4) is 0 Å². The fourth-order valence-corrected chi connectivity index (χ4v) is 2.84. The molecule has 0 bridgehead atoms. The van der Waals surface area contributed by atoms with Crippen molar-refractivity contribution in [2.24, 2.45) is 0 Å². The van der Waals surface area contributed by atoms with Gasteiger partial charge in [0.15, 0.2) is 0 Å². The zero-order chi connectivity index (χ0) is 14.9. The van der Waals surface area contributed by atoms with Gasteiger partial charge in [0.2, 0.25) is 0 Å². The number of hydrogen-bond donors (Lipinski definition) is 1. The lowest BCUT2D eigenvalue weighted by atomic mass is 9.95. The molecule has 20 heavy (non-hydrogen) atoms. The number of amides is 1. The number of hydrogen-bond acceptors (Lipinski definition) is 3. The maximum atomic E-state index is 12.3. The monoisotopic (exact) mass is 405 g/mol. The highest BCUT2D eigenvalue weighted by Crippen LogP contribution is 2.29. The highest BCUT2D eigenvalue weighted by molar-refractivity contribution is 9.11. The van der Waals surface area contributed by atoms with Gasteiger partial charge in [0.1, 0.15) is 12.2 Å². The maximum absolute atomic E-state index is 12.3. The number of likely N-dealkylation sites (tertiary alicyclic amines) is 1. The molecule has 2 rings (SSSR count). The van der Waals surface area contributed by atoms with Gasteiger partial charge in [-0.1, -0.05) is 15.9 Å². The van der Waals surface area contributed by atoms with Crippen LogP contribution in [-0.4, -0.2) is 47.2 Å². The van der Waals surface area contributed by atoms with Crippen LogP contribution >= 0.6 is 31.9 Å². The van der Waals surface area contributed by atoms with Crippen molar-refractivity contribution in [1.82, 2.24) is 4.90 Å². The molecule has 0 aromatic heterocycles. The van der Waals surface area contributed by atoms with Crippen LogP contribution < -0.4 is 0 Å². The predicted octanol–water partition coefficient (Wildman–Crippen LogP) is 2.53. The van der Waals surface area contributed by atoms with E-state index in [1.54, 1.807) is 24.0 Å². The summed E-state index contributed by atoms with van der Waals surface area (Å²) in [6.45, 7) is 2.23. The molecule has 5 nitrogen and oxygen atoms in total. The van der Waals surface area contributed by atoms with Gasteiger partial charge in [0, 0.05) is 8.95 Å². The number of benzene rings is 1. The van der Waals surface area contributed by atoms with E-state index in [2.05, 4.69) is 31.9 Å². The number of rotatable bonds is 4. The fourth-order valence-electron chi connectivity index (χ4n) is 2.06. The van der Waals surface area contributed by atoms with Gasteiger partial charge in [0.05, 0.1) is 18.7 Å². The standard InChI is InChI=1S/C13H13Br2NO4/c1-13(20-5-11(17)18)6-16(7-13)12(19)9-4-8(14)2-3-10(9)15/h2-4H,5-7H2,1H3,(H,17,18). The quantitative estimate of drug-likeness (QED) is 0.834. The summed E-state index contributed by atoms with van der Waals surface area (Å²) in [7, 11) is 0. The van der Waals surface area contributed by atoms with Gasteiger partial charge in [-0.2, -0.15) is 0 Å². The molecule has 0 unspecified atom stereocenters. The summed E-state index contributed by atoms with van der Waals surface area (Å²) in [5.41, 5.74) is -0.00772. The van der Waals surface area contributed by atoms with Crippen LogP contribution in [0.4, 0.5) is 0 Å². The van der Waals surface area contributed by atoms with Crippen molar-refractivity contribution in [2.45, 2.75) is 12.5 Å². The summed E-state index contributed by atoms with van der Waals surface area (Å²) in [5.74, 6) is -1.11. The third-order valence-corrected chi connectivity index (χ3v) is 4.23. The second kappa shape index (κ2) is 5.83. The smallest absolute Gasteiger partial charge is 0.329 e. The summed E-state index contributed by atoms with van der Waals surface area (Å²) in [4.78, 5) is 24.5. The van der Waals surface area contributed by atoms with Crippen molar-refractivity contribution in [3.8, 4) is 0 Å². The number of nitrogens with zero attached hydrogens (tertiary/aromatic N) is 1. The van der Waals surface area contributed by atoms with Gasteiger partial charge in [-0.05, 0) is 41.1 Å². The zero-order valence-corrected chi connectivity index (χ0v) is 13.9. The normalized spacial score (nSPS) is 16.6. The molecule has 1 aliphatic rings. The molecule has 1 aliphatic heterocycles. The van der Waals surface area contributed by atoms with E-state index in [0.29, 0.717) is 18.7 Å². The summed E-state index contributed by atoms with van der Waals surface area (Å²) in [5, 5.41) is 8.60. The number of carboxylic acids is 1. The molecule has 1 amide bonds. The number of carbonyl (C=O) groups excluding carboxylic acids is 1. The molecule has 1 N–H and O–H groups in total. The Hall–Kier alpha value is -0.920. The molecule has 0 atom stereocenters. The number of ether oxygens (including phenoxy) is 1.